The highest BCUT2D eigenvalue weighted by Gasteiger charge is 2.13. The Bertz CT molecular complexity index is 961. The normalized spacial score (nSPS) is 10.1. The lowest BCUT2D eigenvalue weighted by Gasteiger charge is -2.10. The van der Waals surface area contributed by atoms with Crippen LogP contribution in [0.3, 0.4) is 0 Å². The van der Waals surface area contributed by atoms with E-state index < -0.39 is 0 Å². The molecule has 0 aliphatic rings. The van der Waals surface area contributed by atoms with Gasteiger partial charge < -0.3 is 14.5 Å². The number of fused-ring (bicyclic) bond motifs is 1. The van der Waals surface area contributed by atoms with Crippen LogP contribution in [0.25, 0.3) is 22.4 Å². The first-order valence-electron chi connectivity index (χ1n) is 7.48. The summed E-state index contributed by atoms with van der Waals surface area (Å²) >= 11 is 0. The molecule has 0 aliphatic carbocycles. The van der Waals surface area contributed by atoms with Crippen molar-refractivity contribution in [3.05, 3.63) is 42.0 Å². The van der Waals surface area contributed by atoms with Gasteiger partial charge in [0.05, 0.1) is 34.8 Å². The third-order valence-corrected chi connectivity index (χ3v) is 3.44. The van der Waals surface area contributed by atoms with Gasteiger partial charge in [-0.05, 0) is 37.3 Å². The third-order valence-electron chi connectivity index (χ3n) is 3.44. The zero-order valence-corrected chi connectivity index (χ0v) is 13.2. The van der Waals surface area contributed by atoms with E-state index in [4.69, 9.17) is 21.2 Å². The summed E-state index contributed by atoms with van der Waals surface area (Å²) in [5, 5.41) is 9.00. The van der Waals surface area contributed by atoms with E-state index in [0.717, 1.165) is 16.6 Å². The number of rotatable bonds is 5. The Morgan fingerprint density at radius 3 is 2.83 bits per heavy atom. The minimum Gasteiger partial charge on any atom is -0.493 e. The first kappa shape index (κ1) is 15.5. The molecule has 3 aromatic rings. The molecule has 0 fully saturated rings. The van der Waals surface area contributed by atoms with Crippen molar-refractivity contribution in [3.8, 4) is 41.3 Å². The Labute approximate surface area is 139 Å². The van der Waals surface area contributed by atoms with Crippen LogP contribution >= 0.6 is 0 Å². The van der Waals surface area contributed by atoms with Crippen LogP contribution in [0.15, 0.2) is 36.4 Å². The summed E-state index contributed by atoms with van der Waals surface area (Å²) in [5.74, 6) is 4.41. The molecule has 5 nitrogen and oxygen atoms in total. The van der Waals surface area contributed by atoms with E-state index in [1.54, 1.807) is 18.2 Å². The lowest BCUT2D eigenvalue weighted by Crippen LogP contribution is -1.98. The van der Waals surface area contributed by atoms with Crippen LogP contribution in [-0.2, 0) is 0 Å². The monoisotopic (exact) mass is 317 g/mol. The van der Waals surface area contributed by atoms with Gasteiger partial charge in [-0.25, -0.2) is 4.98 Å². The van der Waals surface area contributed by atoms with Crippen molar-refractivity contribution >= 4 is 11.0 Å². The number of imidazole rings is 1. The molecule has 0 spiro atoms. The van der Waals surface area contributed by atoms with Crippen LogP contribution < -0.4 is 9.47 Å². The van der Waals surface area contributed by atoms with Crippen LogP contribution in [0.1, 0.15) is 12.5 Å². The van der Waals surface area contributed by atoms with Crippen molar-refractivity contribution in [2.45, 2.75) is 6.92 Å². The van der Waals surface area contributed by atoms with E-state index in [9.17, 15) is 0 Å². The second-order valence-electron chi connectivity index (χ2n) is 5.01. The molecule has 118 valence electrons. The minimum atomic E-state index is 0.201. The number of nitriles is 1. The largest absolute Gasteiger partial charge is 0.493 e. The van der Waals surface area contributed by atoms with Gasteiger partial charge in [0.25, 0.3) is 0 Å². The average Bonchev–Trinajstić information content (AvgIpc) is 3.03. The summed E-state index contributed by atoms with van der Waals surface area (Å²) in [4.78, 5) is 7.82. The van der Waals surface area contributed by atoms with Crippen molar-refractivity contribution in [2.24, 2.45) is 0 Å². The highest BCUT2D eigenvalue weighted by Crippen LogP contribution is 2.33. The highest BCUT2D eigenvalue weighted by atomic mass is 16.5. The summed E-state index contributed by atoms with van der Waals surface area (Å²) in [7, 11) is 0. The molecule has 0 radical (unpaired) electrons. The zero-order chi connectivity index (χ0) is 16.9. The van der Waals surface area contributed by atoms with E-state index in [0.29, 0.717) is 29.5 Å². The Morgan fingerprint density at radius 2 is 2.08 bits per heavy atom. The predicted octanol–water partition coefficient (Wildman–Crippen LogP) is 3.51. The summed E-state index contributed by atoms with van der Waals surface area (Å²) in [5.41, 5.74) is 2.99. The van der Waals surface area contributed by atoms with E-state index >= 15 is 0 Å². The smallest absolute Gasteiger partial charge is 0.148 e. The van der Waals surface area contributed by atoms with Gasteiger partial charge in [-0.3, -0.25) is 0 Å². The summed E-state index contributed by atoms with van der Waals surface area (Å²) in [6, 6.07) is 13.0. The van der Waals surface area contributed by atoms with Gasteiger partial charge in [-0.2, -0.15) is 5.26 Å². The molecule has 2 aromatic carbocycles. The molecule has 5 heteroatoms. The van der Waals surface area contributed by atoms with Gasteiger partial charge in [0, 0.05) is 6.07 Å². The van der Waals surface area contributed by atoms with Crippen LogP contribution in [-0.4, -0.2) is 23.2 Å². The second-order valence-corrected chi connectivity index (χ2v) is 5.01. The quantitative estimate of drug-likeness (QED) is 0.731. The molecule has 0 saturated heterocycles. The van der Waals surface area contributed by atoms with Gasteiger partial charge in [0.1, 0.15) is 23.9 Å². The fourth-order valence-corrected chi connectivity index (χ4v) is 2.39. The van der Waals surface area contributed by atoms with Crippen LogP contribution in [0, 0.1) is 23.7 Å². The summed E-state index contributed by atoms with van der Waals surface area (Å²) in [6.45, 7) is 2.63. The number of ether oxygens (including phenoxy) is 2. The van der Waals surface area contributed by atoms with Crippen molar-refractivity contribution in [1.29, 1.82) is 5.26 Å². The van der Waals surface area contributed by atoms with Crippen LogP contribution in [0.2, 0.25) is 0 Å². The first-order valence-corrected chi connectivity index (χ1v) is 7.48. The highest BCUT2D eigenvalue weighted by molar-refractivity contribution is 5.82. The number of nitrogens with zero attached hydrogens (tertiary/aromatic N) is 2. The van der Waals surface area contributed by atoms with Gasteiger partial charge in [-0.1, -0.05) is 5.92 Å². The topological polar surface area (TPSA) is 70.9 Å². The number of aromatic nitrogens is 2. The maximum atomic E-state index is 9.00. The fraction of sp³-hybridized carbons (Fsp3) is 0.158. The molecular weight excluding hydrogens is 302 g/mol. The first-order chi connectivity index (χ1) is 11.7. The molecule has 24 heavy (non-hydrogen) atoms. The van der Waals surface area contributed by atoms with Crippen LogP contribution in [0.5, 0.6) is 11.5 Å². The van der Waals surface area contributed by atoms with E-state index in [1.807, 2.05) is 25.1 Å². The molecule has 0 amide bonds. The Kier molecular flexibility index (Phi) is 4.36. The molecule has 0 bridgehead atoms. The molecular formula is C19H15N3O2. The predicted molar refractivity (Wildman–Crippen MR) is 91.7 cm³/mol. The Balaban J connectivity index is 2.04. The number of hydrogen-bond acceptors (Lipinski definition) is 4. The molecule has 1 aromatic heterocycles. The van der Waals surface area contributed by atoms with Crippen molar-refractivity contribution in [3.63, 3.8) is 0 Å². The lowest BCUT2D eigenvalue weighted by atomic mass is 10.2. The number of hydrogen-bond donors (Lipinski definition) is 1. The van der Waals surface area contributed by atoms with Gasteiger partial charge >= 0.3 is 0 Å². The number of benzene rings is 2. The van der Waals surface area contributed by atoms with Crippen LogP contribution in [0.4, 0.5) is 0 Å². The average molecular weight is 317 g/mol. The molecule has 3 rings (SSSR count). The molecule has 0 unspecified atom stereocenters. The summed E-state index contributed by atoms with van der Waals surface area (Å²) < 4.78 is 11.1. The van der Waals surface area contributed by atoms with E-state index in [-0.39, 0.29) is 6.61 Å². The van der Waals surface area contributed by atoms with Crippen molar-refractivity contribution < 1.29 is 9.47 Å². The fourth-order valence-electron chi connectivity index (χ4n) is 2.39. The molecule has 1 heterocycles. The van der Waals surface area contributed by atoms with Gasteiger partial charge in [0.2, 0.25) is 0 Å². The second kappa shape index (κ2) is 6.76. The Hall–Kier alpha value is -3.44. The number of nitrogens with one attached hydrogen (secondary N) is 1. The molecule has 0 atom stereocenters. The van der Waals surface area contributed by atoms with Crippen molar-refractivity contribution in [2.75, 3.05) is 13.2 Å². The maximum Gasteiger partial charge on any atom is 0.148 e. The van der Waals surface area contributed by atoms with E-state index in [2.05, 4.69) is 22.0 Å². The lowest BCUT2D eigenvalue weighted by molar-refractivity contribution is 0.333. The molecule has 0 saturated carbocycles. The number of terminal acetylenes is 1. The molecule has 0 aliphatic heterocycles. The number of H-pyrrole nitrogens is 1. The SMILES string of the molecule is C#CCOc1ccc(-c2nc3cc(C#N)ccc3[nH]2)c(OCC)c1. The number of aromatic amines is 1. The third kappa shape index (κ3) is 3.02. The van der Waals surface area contributed by atoms with Gasteiger partial charge in [0.15, 0.2) is 0 Å². The van der Waals surface area contributed by atoms with E-state index in [1.165, 1.54) is 0 Å². The standard InChI is InChI=1S/C19H15N3O2/c1-3-9-24-14-6-7-15(18(11-14)23-4-2)19-21-16-8-5-13(12-20)10-17(16)22-19/h1,5-8,10-11H,4,9H2,2H3,(H,21,22). The van der Waals surface area contributed by atoms with Gasteiger partial charge in [-0.15, -0.1) is 6.42 Å². The maximum absolute atomic E-state index is 9.00. The minimum absolute atomic E-state index is 0.201. The Morgan fingerprint density at radius 1 is 1.21 bits per heavy atom. The summed E-state index contributed by atoms with van der Waals surface area (Å²) in [6.07, 6.45) is 5.22. The zero-order valence-electron chi connectivity index (χ0n) is 13.2. The molecule has 1 N–H and O–H groups in total. The van der Waals surface area contributed by atoms with Crippen molar-refractivity contribution in [1.82, 2.24) is 9.97 Å².